The molecule has 4 bridgehead atoms. The van der Waals surface area contributed by atoms with Crippen LogP contribution < -0.4 is 5.56 Å². The molecule has 5 fully saturated rings. The van der Waals surface area contributed by atoms with Crippen molar-refractivity contribution in [3.8, 4) is 0 Å². The number of nitrogens with one attached hydrogen (secondary N) is 1. The van der Waals surface area contributed by atoms with Crippen molar-refractivity contribution in [1.29, 1.82) is 0 Å². The number of aromatic nitrogens is 2. The van der Waals surface area contributed by atoms with Crippen LogP contribution in [0.1, 0.15) is 68.8 Å². The summed E-state index contributed by atoms with van der Waals surface area (Å²) in [4.78, 5) is 20.1. The first-order valence-corrected chi connectivity index (χ1v) is 8.32. The van der Waals surface area contributed by atoms with Crippen molar-refractivity contribution in [2.75, 3.05) is 0 Å². The Morgan fingerprint density at radius 3 is 2.20 bits per heavy atom. The van der Waals surface area contributed by atoms with E-state index in [2.05, 4.69) is 4.98 Å². The Balaban J connectivity index is 1.60. The first-order valence-electron chi connectivity index (χ1n) is 8.32. The molecular formula is C17H22N2O. The molecule has 1 aromatic heterocycles. The fraction of sp³-hybridized carbons (Fsp3) is 0.765. The van der Waals surface area contributed by atoms with Crippen LogP contribution in [0.4, 0.5) is 0 Å². The third kappa shape index (κ3) is 1.64. The molecule has 0 aromatic carbocycles. The quantitative estimate of drug-likeness (QED) is 0.897. The number of aromatic amines is 1. The van der Waals surface area contributed by atoms with Gasteiger partial charge in [-0.25, -0.2) is 4.98 Å². The normalized spacial score (nSPS) is 42.1. The molecule has 106 valence electrons. The maximum atomic E-state index is 12.0. The highest BCUT2D eigenvalue weighted by Gasteiger charge is 2.53. The highest BCUT2D eigenvalue weighted by atomic mass is 16.1. The van der Waals surface area contributed by atoms with Gasteiger partial charge in [-0.3, -0.25) is 4.79 Å². The summed E-state index contributed by atoms with van der Waals surface area (Å²) in [6.07, 6.45) is 10.6. The zero-order chi connectivity index (χ0) is 13.3. The van der Waals surface area contributed by atoms with Crippen LogP contribution in [0.2, 0.25) is 0 Å². The lowest BCUT2D eigenvalue weighted by Gasteiger charge is -2.56. The van der Waals surface area contributed by atoms with Crippen LogP contribution in [0.5, 0.6) is 0 Å². The Bertz CT molecular complexity index is 578. The minimum absolute atomic E-state index is 0.0765. The summed E-state index contributed by atoms with van der Waals surface area (Å²) < 4.78 is 0. The van der Waals surface area contributed by atoms with Crippen molar-refractivity contribution in [2.45, 2.75) is 62.7 Å². The van der Waals surface area contributed by atoms with Crippen molar-refractivity contribution in [3.63, 3.8) is 0 Å². The van der Waals surface area contributed by atoms with Gasteiger partial charge in [-0.15, -0.1) is 0 Å². The lowest BCUT2D eigenvalue weighted by atomic mass is 9.49. The smallest absolute Gasteiger partial charge is 0.251 e. The lowest BCUT2D eigenvalue weighted by Crippen LogP contribution is -2.49. The lowest BCUT2D eigenvalue weighted by molar-refractivity contribution is -0.00960. The summed E-state index contributed by atoms with van der Waals surface area (Å²) in [6.45, 7) is 0. The van der Waals surface area contributed by atoms with Crippen LogP contribution >= 0.6 is 0 Å². The molecule has 5 aliphatic carbocycles. The first-order chi connectivity index (χ1) is 9.70. The Labute approximate surface area is 119 Å². The third-order valence-corrected chi connectivity index (χ3v) is 6.30. The minimum Gasteiger partial charge on any atom is -0.310 e. The Morgan fingerprint density at radius 1 is 1.05 bits per heavy atom. The van der Waals surface area contributed by atoms with Crippen LogP contribution in [0, 0.1) is 17.8 Å². The van der Waals surface area contributed by atoms with Crippen molar-refractivity contribution in [2.24, 2.45) is 17.8 Å². The predicted octanol–water partition coefficient (Wildman–Crippen LogP) is 3.12. The van der Waals surface area contributed by atoms with Gasteiger partial charge in [0.05, 0.1) is 5.69 Å². The van der Waals surface area contributed by atoms with Crippen LogP contribution in [0.25, 0.3) is 0 Å². The van der Waals surface area contributed by atoms with Crippen molar-refractivity contribution >= 4 is 0 Å². The molecule has 0 aliphatic heterocycles. The second kappa shape index (κ2) is 3.75. The van der Waals surface area contributed by atoms with E-state index in [0.29, 0.717) is 5.92 Å². The number of H-pyrrole nitrogens is 1. The summed E-state index contributed by atoms with van der Waals surface area (Å²) in [5.74, 6) is 4.32. The molecule has 1 N–H and O–H groups in total. The van der Waals surface area contributed by atoms with E-state index in [1.807, 2.05) is 0 Å². The van der Waals surface area contributed by atoms with Gasteiger partial charge < -0.3 is 4.98 Å². The van der Waals surface area contributed by atoms with Crippen molar-refractivity contribution < 1.29 is 0 Å². The predicted molar refractivity (Wildman–Crippen MR) is 76.7 cm³/mol. The summed E-state index contributed by atoms with van der Waals surface area (Å²) >= 11 is 0. The Morgan fingerprint density at radius 2 is 1.65 bits per heavy atom. The molecule has 0 atom stereocenters. The largest absolute Gasteiger partial charge is 0.310 e. The molecule has 3 heteroatoms. The molecule has 20 heavy (non-hydrogen) atoms. The van der Waals surface area contributed by atoms with E-state index in [-0.39, 0.29) is 11.0 Å². The van der Waals surface area contributed by atoms with Crippen molar-refractivity contribution in [1.82, 2.24) is 9.97 Å². The molecule has 6 rings (SSSR count). The first kappa shape index (κ1) is 11.5. The van der Waals surface area contributed by atoms with E-state index in [9.17, 15) is 4.79 Å². The molecule has 1 aromatic rings. The Kier molecular flexibility index (Phi) is 2.16. The average Bonchev–Trinajstić information content (AvgIpc) is 3.20. The fourth-order valence-corrected chi connectivity index (χ4v) is 5.72. The summed E-state index contributed by atoms with van der Waals surface area (Å²) in [7, 11) is 0. The van der Waals surface area contributed by atoms with E-state index < -0.39 is 0 Å². The van der Waals surface area contributed by atoms with Gasteiger partial charge in [0.2, 0.25) is 0 Å². The second-order valence-corrected chi connectivity index (χ2v) is 7.99. The SMILES string of the molecule is O=c1cc(C2CC2)nc(C23CC4CC(CC(C4)C2)C3)[nH]1. The maximum Gasteiger partial charge on any atom is 0.251 e. The van der Waals surface area contributed by atoms with E-state index in [4.69, 9.17) is 4.98 Å². The van der Waals surface area contributed by atoms with Crippen LogP contribution in [0.3, 0.4) is 0 Å². The summed E-state index contributed by atoms with van der Waals surface area (Å²) in [5, 5.41) is 0. The molecule has 1 heterocycles. The summed E-state index contributed by atoms with van der Waals surface area (Å²) in [5.41, 5.74) is 1.37. The molecule has 0 unspecified atom stereocenters. The van der Waals surface area contributed by atoms with Gasteiger partial charge in [0.25, 0.3) is 5.56 Å². The van der Waals surface area contributed by atoms with E-state index in [0.717, 1.165) is 29.3 Å². The molecule has 0 radical (unpaired) electrons. The van der Waals surface area contributed by atoms with Gasteiger partial charge in [-0.2, -0.15) is 0 Å². The maximum absolute atomic E-state index is 12.0. The molecular weight excluding hydrogens is 248 g/mol. The van der Waals surface area contributed by atoms with Gasteiger partial charge in [0, 0.05) is 17.4 Å². The van der Waals surface area contributed by atoms with Crippen LogP contribution in [-0.4, -0.2) is 9.97 Å². The topological polar surface area (TPSA) is 45.8 Å². The van der Waals surface area contributed by atoms with Crippen LogP contribution in [-0.2, 0) is 5.41 Å². The molecule has 0 saturated heterocycles. The zero-order valence-corrected chi connectivity index (χ0v) is 11.9. The van der Waals surface area contributed by atoms with E-state index in [1.165, 1.54) is 51.4 Å². The molecule has 5 aliphatic rings. The van der Waals surface area contributed by atoms with Gasteiger partial charge in [0.15, 0.2) is 0 Å². The van der Waals surface area contributed by atoms with Gasteiger partial charge >= 0.3 is 0 Å². The second-order valence-electron chi connectivity index (χ2n) is 7.99. The molecule has 0 spiro atoms. The highest BCUT2D eigenvalue weighted by molar-refractivity contribution is 5.21. The van der Waals surface area contributed by atoms with Gasteiger partial charge in [0.1, 0.15) is 5.82 Å². The standard InChI is InChI=1S/C17H22N2O/c20-15-6-14(13-1-2-13)18-16(19-15)17-7-10-3-11(8-17)5-12(4-10)9-17/h6,10-13H,1-5,7-9H2,(H,18,19,20). The van der Waals surface area contributed by atoms with Gasteiger partial charge in [-0.05, 0) is 69.1 Å². The fourth-order valence-electron chi connectivity index (χ4n) is 5.72. The number of nitrogens with zero attached hydrogens (tertiary/aromatic N) is 1. The molecule has 3 nitrogen and oxygen atoms in total. The third-order valence-electron chi connectivity index (χ3n) is 6.30. The monoisotopic (exact) mass is 270 g/mol. The van der Waals surface area contributed by atoms with Crippen molar-refractivity contribution in [3.05, 3.63) is 27.9 Å². The van der Waals surface area contributed by atoms with Crippen LogP contribution in [0.15, 0.2) is 10.9 Å². The summed E-state index contributed by atoms with van der Waals surface area (Å²) in [6, 6.07) is 1.74. The number of rotatable bonds is 2. The molecule has 0 amide bonds. The zero-order valence-electron chi connectivity index (χ0n) is 11.9. The number of hydrogen-bond donors (Lipinski definition) is 1. The van der Waals surface area contributed by atoms with E-state index >= 15 is 0 Å². The average molecular weight is 270 g/mol. The van der Waals surface area contributed by atoms with E-state index in [1.54, 1.807) is 6.07 Å². The highest BCUT2D eigenvalue weighted by Crippen LogP contribution is 2.60. The van der Waals surface area contributed by atoms with Gasteiger partial charge in [-0.1, -0.05) is 0 Å². The minimum atomic E-state index is 0.0765. The number of hydrogen-bond acceptors (Lipinski definition) is 2. The Hall–Kier alpha value is -1.12. The molecule has 5 saturated carbocycles.